The lowest BCUT2D eigenvalue weighted by molar-refractivity contribution is -0.137. The molecule has 0 spiro atoms. The van der Waals surface area contributed by atoms with Crippen LogP contribution in [0.4, 0.5) is 19.0 Å². The zero-order valence-corrected chi connectivity index (χ0v) is 9.79. The maximum atomic E-state index is 12.4. The summed E-state index contributed by atoms with van der Waals surface area (Å²) in [5.74, 6) is -0.179. The Morgan fingerprint density at radius 3 is 2.67 bits per heavy atom. The highest BCUT2D eigenvalue weighted by molar-refractivity contribution is 7.94. The molecule has 2 heterocycles. The molecule has 1 aromatic heterocycles. The maximum absolute atomic E-state index is 12.4. The molecule has 98 valence electrons. The maximum Gasteiger partial charge on any atom is 0.416 e. The molecular weight excluding hydrogens is 269 g/mol. The number of nitrogens with one attached hydrogen (secondary N) is 1. The van der Waals surface area contributed by atoms with E-state index in [1.54, 1.807) is 0 Å². The van der Waals surface area contributed by atoms with Crippen molar-refractivity contribution in [3.63, 3.8) is 0 Å². The minimum atomic E-state index is -4.45. The Morgan fingerprint density at radius 2 is 2.11 bits per heavy atom. The third-order valence-corrected chi connectivity index (χ3v) is 3.75. The van der Waals surface area contributed by atoms with Crippen molar-refractivity contribution < 1.29 is 21.6 Å². The predicted octanol–water partition coefficient (Wildman–Crippen LogP) is 1.82. The summed E-state index contributed by atoms with van der Waals surface area (Å²) in [5.41, 5.74) is -0.829. The minimum Gasteiger partial charge on any atom is -0.363 e. The van der Waals surface area contributed by atoms with Gasteiger partial charge in [-0.25, -0.2) is 13.4 Å². The van der Waals surface area contributed by atoms with Crippen molar-refractivity contribution in [1.82, 2.24) is 4.98 Å². The molecule has 1 aliphatic heterocycles. The van der Waals surface area contributed by atoms with E-state index in [2.05, 4.69) is 10.3 Å². The lowest BCUT2D eigenvalue weighted by Gasteiger charge is -2.12. The highest BCUT2D eigenvalue weighted by Crippen LogP contribution is 2.30. The first kappa shape index (κ1) is 12.9. The van der Waals surface area contributed by atoms with Crippen molar-refractivity contribution in [2.24, 2.45) is 0 Å². The van der Waals surface area contributed by atoms with Gasteiger partial charge >= 0.3 is 6.18 Å². The van der Waals surface area contributed by atoms with Gasteiger partial charge in [0.05, 0.1) is 17.4 Å². The van der Waals surface area contributed by atoms with E-state index in [1.165, 1.54) is 6.08 Å². The third-order valence-electron chi connectivity index (χ3n) is 2.35. The smallest absolute Gasteiger partial charge is 0.363 e. The fourth-order valence-electron chi connectivity index (χ4n) is 1.54. The Labute approximate surface area is 101 Å². The Morgan fingerprint density at radius 1 is 1.39 bits per heavy atom. The monoisotopic (exact) mass is 278 g/mol. The number of pyridine rings is 1. The van der Waals surface area contributed by atoms with Gasteiger partial charge in [-0.05, 0) is 18.2 Å². The number of hydrogen-bond acceptors (Lipinski definition) is 4. The zero-order chi connectivity index (χ0) is 13.4. The van der Waals surface area contributed by atoms with Crippen molar-refractivity contribution in [2.75, 3.05) is 11.1 Å². The second-order valence-electron chi connectivity index (χ2n) is 3.84. The van der Waals surface area contributed by atoms with Crippen LogP contribution < -0.4 is 5.32 Å². The summed E-state index contributed by atoms with van der Waals surface area (Å²) in [7, 11) is -3.25. The Kier molecular flexibility index (Phi) is 3.05. The summed E-state index contributed by atoms with van der Waals surface area (Å²) in [5, 5.41) is 3.67. The molecule has 0 aromatic carbocycles. The molecule has 2 rings (SSSR count). The second kappa shape index (κ2) is 4.27. The standard InChI is InChI=1S/C10H9F3N2O2S/c11-10(12,13)7-1-3-14-9(5-7)15-8-2-4-18(16,17)6-8/h1-5,8H,6H2,(H,14,15). The summed E-state index contributed by atoms with van der Waals surface area (Å²) in [4.78, 5) is 3.72. The van der Waals surface area contributed by atoms with Crippen LogP contribution in [0.5, 0.6) is 0 Å². The molecular formula is C10H9F3N2O2S. The van der Waals surface area contributed by atoms with Gasteiger partial charge < -0.3 is 5.32 Å². The van der Waals surface area contributed by atoms with E-state index >= 15 is 0 Å². The highest BCUT2D eigenvalue weighted by Gasteiger charge is 2.31. The van der Waals surface area contributed by atoms with E-state index in [4.69, 9.17) is 0 Å². The second-order valence-corrected chi connectivity index (χ2v) is 5.77. The fraction of sp³-hybridized carbons (Fsp3) is 0.300. The van der Waals surface area contributed by atoms with Crippen LogP contribution in [0.2, 0.25) is 0 Å². The number of anilines is 1. The Bertz CT molecular complexity index is 581. The highest BCUT2D eigenvalue weighted by atomic mass is 32.2. The number of alkyl halides is 3. The molecule has 1 N–H and O–H groups in total. The summed E-state index contributed by atoms with van der Waals surface area (Å²) in [6, 6.07) is 1.15. The van der Waals surface area contributed by atoms with Gasteiger partial charge in [-0.15, -0.1) is 0 Å². The van der Waals surface area contributed by atoms with Gasteiger partial charge in [-0.3, -0.25) is 0 Å². The molecule has 1 atom stereocenters. The van der Waals surface area contributed by atoms with E-state index in [9.17, 15) is 21.6 Å². The first-order chi connectivity index (χ1) is 8.26. The van der Waals surface area contributed by atoms with Gasteiger partial charge in [0.1, 0.15) is 5.82 Å². The van der Waals surface area contributed by atoms with Crippen LogP contribution in [0, 0.1) is 0 Å². The van der Waals surface area contributed by atoms with Crippen LogP contribution in [0.25, 0.3) is 0 Å². The van der Waals surface area contributed by atoms with E-state index in [1.807, 2.05) is 0 Å². The summed E-state index contributed by atoms with van der Waals surface area (Å²) in [6.45, 7) is 0. The van der Waals surface area contributed by atoms with Gasteiger partial charge in [-0.1, -0.05) is 0 Å². The number of aromatic nitrogens is 1. The van der Waals surface area contributed by atoms with Crippen LogP contribution in [-0.2, 0) is 16.0 Å². The van der Waals surface area contributed by atoms with Gasteiger partial charge in [0.2, 0.25) is 0 Å². The molecule has 0 aliphatic carbocycles. The average Bonchev–Trinajstić information content (AvgIpc) is 2.57. The van der Waals surface area contributed by atoms with Gasteiger partial charge in [0.25, 0.3) is 0 Å². The quantitative estimate of drug-likeness (QED) is 0.896. The van der Waals surface area contributed by atoms with E-state index in [-0.39, 0.29) is 11.6 Å². The lowest BCUT2D eigenvalue weighted by Crippen LogP contribution is -2.21. The Balaban J connectivity index is 2.14. The van der Waals surface area contributed by atoms with Gasteiger partial charge in [-0.2, -0.15) is 13.2 Å². The number of rotatable bonds is 2. The Hall–Kier alpha value is -1.57. The summed E-state index contributed by atoms with van der Waals surface area (Å²) >= 11 is 0. The van der Waals surface area contributed by atoms with Crippen molar-refractivity contribution in [3.05, 3.63) is 35.4 Å². The van der Waals surface area contributed by atoms with Crippen molar-refractivity contribution in [3.8, 4) is 0 Å². The molecule has 0 fully saturated rings. The van der Waals surface area contributed by atoms with Crippen molar-refractivity contribution in [1.29, 1.82) is 0 Å². The SMILES string of the molecule is O=S1(=O)C=CC(Nc2cc(C(F)(F)F)ccn2)C1. The molecule has 0 amide bonds. The van der Waals surface area contributed by atoms with Crippen LogP contribution in [-0.4, -0.2) is 25.2 Å². The van der Waals surface area contributed by atoms with E-state index in [0.29, 0.717) is 0 Å². The molecule has 0 saturated heterocycles. The number of hydrogen-bond donors (Lipinski definition) is 1. The van der Waals surface area contributed by atoms with Gasteiger partial charge in [0, 0.05) is 11.6 Å². The van der Waals surface area contributed by atoms with E-state index < -0.39 is 27.6 Å². The summed E-state index contributed by atoms with van der Waals surface area (Å²) < 4.78 is 59.6. The van der Waals surface area contributed by atoms with Crippen molar-refractivity contribution in [2.45, 2.75) is 12.2 Å². The van der Waals surface area contributed by atoms with Gasteiger partial charge in [0.15, 0.2) is 9.84 Å². The zero-order valence-electron chi connectivity index (χ0n) is 8.98. The van der Waals surface area contributed by atoms with E-state index in [0.717, 1.165) is 23.7 Å². The normalized spacial score (nSPS) is 22.1. The van der Waals surface area contributed by atoms with Crippen LogP contribution in [0.15, 0.2) is 29.8 Å². The van der Waals surface area contributed by atoms with Crippen LogP contribution in [0.3, 0.4) is 0 Å². The number of nitrogens with zero attached hydrogens (tertiary/aromatic N) is 1. The fourth-order valence-corrected chi connectivity index (χ4v) is 2.78. The first-order valence-corrected chi connectivity index (χ1v) is 6.68. The minimum absolute atomic E-state index is 0.00317. The molecule has 4 nitrogen and oxygen atoms in total. The topological polar surface area (TPSA) is 59.1 Å². The number of sulfone groups is 1. The molecule has 18 heavy (non-hydrogen) atoms. The predicted molar refractivity (Wildman–Crippen MR) is 59.6 cm³/mol. The molecule has 0 bridgehead atoms. The molecule has 8 heteroatoms. The average molecular weight is 278 g/mol. The molecule has 1 unspecified atom stereocenters. The largest absolute Gasteiger partial charge is 0.416 e. The van der Waals surface area contributed by atoms with Crippen LogP contribution in [0.1, 0.15) is 5.56 Å². The lowest BCUT2D eigenvalue weighted by atomic mass is 10.2. The third kappa shape index (κ3) is 3.00. The van der Waals surface area contributed by atoms with Crippen LogP contribution >= 0.6 is 0 Å². The molecule has 0 radical (unpaired) electrons. The first-order valence-electron chi connectivity index (χ1n) is 4.97. The number of halogens is 3. The molecule has 0 saturated carbocycles. The molecule has 1 aromatic rings. The molecule has 1 aliphatic rings. The van der Waals surface area contributed by atoms with Crippen molar-refractivity contribution >= 4 is 15.7 Å². The summed E-state index contributed by atoms with van der Waals surface area (Å²) in [6.07, 6.45) is -2.04.